The smallest absolute Gasteiger partial charge is 0.151 e. The predicted molar refractivity (Wildman–Crippen MR) is 64.0 cm³/mol. The Morgan fingerprint density at radius 3 is 3.25 bits per heavy atom. The van der Waals surface area contributed by atoms with Gasteiger partial charge in [-0.2, -0.15) is 0 Å². The zero-order valence-corrected chi connectivity index (χ0v) is 9.31. The lowest BCUT2D eigenvalue weighted by Gasteiger charge is -2.17. The molecule has 0 N–H and O–H groups in total. The molecule has 0 saturated heterocycles. The lowest BCUT2D eigenvalue weighted by molar-refractivity contribution is 0.920. The van der Waals surface area contributed by atoms with E-state index in [1.54, 1.807) is 6.33 Å². The molecule has 0 fully saturated rings. The van der Waals surface area contributed by atoms with Crippen LogP contribution in [0.1, 0.15) is 5.56 Å². The van der Waals surface area contributed by atoms with Crippen LogP contribution < -0.4 is 4.90 Å². The fourth-order valence-electron chi connectivity index (χ4n) is 2.42. The summed E-state index contributed by atoms with van der Waals surface area (Å²) in [6.45, 7) is 0. The predicted octanol–water partition coefficient (Wildman–Crippen LogP) is 2.60. The molecule has 4 heteroatoms. The molecule has 2 aliphatic heterocycles. The van der Waals surface area contributed by atoms with E-state index >= 15 is 0 Å². The number of nitrogens with zero attached hydrogens (tertiary/aromatic N) is 3. The van der Waals surface area contributed by atoms with E-state index in [1.807, 2.05) is 18.0 Å². The van der Waals surface area contributed by atoms with Crippen molar-refractivity contribution in [2.45, 2.75) is 16.7 Å². The van der Waals surface area contributed by atoms with Gasteiger partial charge in [0.1, 0.15) is 6.33 Å². The molecule has 0 amide bonds. The van der Waals surface area contributed by atoms with Crippen molar-refractivity contribution < 1.29 is 0 Å². The van der Waals surface area contributed by atoms with Gasteiger partial charge >= 0.3 is 0 Å². The summed E-state index contributed by atoms with van der Waals surface area (Å²) in [5.41, 5.74) is 2.72. The Hall–Kier alpha value is -1.55. The summed E-state index contributed by atoms with van der Waals surface area (Å²) in [5.74, 6) is 1.06. The van der Waals surface area contributed by atoms with Crippen LogP contribution in [-0.2, 0) is 6.42 Å². The minimum Gasteiger partial charge on any atom is -0.312 e. The third kappa shape index (κ3) is 0.998. The van der Waals surface area contributed by atoms with Crippen molar-refractivity contribution in [1.82, 2.24) is 9.97 Å². The summed E-state index contributed by atoms with van der Waals surface area (Å²) < 4.78 is 0. The maximum Gasteiger partial charge on any atom is 0.151 e. The van der Waals surface area contributed by atoms with Gasteiger partial charge in [-0.25, -0.2) is 9.97 Å². The molecular formula is C12H9N3S. The summed E-state index contributed by atoms with van der Waals surface area (Å²) in [6.07, 6.45) is 4.63. The van der Waals surface area contributed by atoms with Crippen molar-refractivity contribution in [1.29, 1.82) is 0 Å². The highest BCUT2D eigenvalue weighted by Gasteiger charge is 2.38. The van der Waals surface area contributed by atoms with Gasteiger partial charge in [-0.1, -0.05) is 30.0 Å². The minimum atomic E-state index is 0.476. The molecular weight excluding hydrogens is 218 g/mol. The molecule has 0 aliphatic carbocycles. The summed E-state index contributed by atoms with van der Waals surface area (Å²) in [6, 6.07) is 8.57. The van der Waals surface area contributed by atoms with Crippen LogP contribution in [0.15, 0.2) is 41.7 Å². The van der Waals surface area contributed by atoms with Gasteiger partial charge in [0.15, 0.2) is 5.82 Å². The van der Waals surface area contributed by atoms with Crippen LogP contribution >= 0.6 is 11.8 Å². The third-order valence-electron chi connectivity index (χ3n) is 3.08. The molecule has 1 aromatic heterocycles. The molecule has 78 valence electrons. The van der Waals surface area contributed by atoms with Crippen molar-refractivity contribution >= 4 is 23.3 Å². The van der Waals surface area contributed by atoms with E-state index in [0.717, 1.165) is 12.2 Å². The van der Waals surface area contributed by atoms with Gasteiger partial charge in [0.05, 0.1) is 10.3 Å². The number of aromatic nitrogens is 2. The topological polar surface area (TPSA) is 29.0 Å². The van der Waals surface area contributed by atoms with Gasteiger partial charge in [-0.05, 0) is 11.6 Å². The minimum absolute atomic E-state index is 0.476. The van der Waals surface area contributed by atoms with Crippen LogP contribution in [0.5, 0.6) is 0 Å². The van der Waals surface area contributed by atoms with Crippen molar-refractivity contribution in [2.75, 3.05) is 4.90 Å². The summed E-state index contributed by atoms with van der Waals surface area (Å²) in [7, 11) is 0. The Morgan fingerprint density at radius 2 is 2.25 bits per heavy atom. The number of anilines is 2. The number of para-hydroxylation sites is 1. The van der Waals surface area contributed by atoms with Gasteiger partial charge in [0.25, 0.3) is 0 Å². The van der Waals surface area contributed by atoms with Crippen LogP contribution in [0, 0.1) is 0 Å². The van der Waals surface area contributed by atoms with Crippen LogP contribution in [0.25, 0.3) is 0 Å². The standard InChI is InChI=1S/C12H9N3S/c1-2-4-9-8(3-1)5-11-15(9)12-10(16-11)6-13-7-14-12/h1-4,6-7,11H,5H2. The first kappa shape index (κ1) is 8.58. The molecule has 1 atom stereocenters. The number of rotatable bonds is 0. The van der Waals surface area contributed by atoms with Crippen molar-refractivity contribution in [3.05, 3.63) is 42.4 Å². The van der Waals surface area contributed by atoms with Gasteiger partial charge < -0.3 is 4.90 Å². The number of fused-ring (bicyclic) bond motifs is 5. The highest BCUT2D eigenvalue weighted by Crippen LogP contribution is 2.51. The molecule has 0 radical (unpaired) electrons. The molecule has 2 aromatic rings. The number of benzene rings is 1. The molecule has 1 unspecified atom stereocenters. The second-order valence-corrected chi connectivity index (χ2v) is 5.21. The monoisotopic (exact) mass is 227 g/mol. The second-order valence-electron chi connectivity index (χ2n) is 3.99. The lowest BCUT2D eigenvalue weighted by atomic mass is 10.2. The molecule has 2 aliphatic rings. The van der Waals surface area contributed by atoms with Gasteiger partial charge in [-0.3, -0.25) is 0 Å². The average molecular weight is 227 g/mol. The number of thioether (sulfide) groups is 1. The van der Waals surface area contributed by atoms with Crippen molar-refractivity contribution in [2.24, 2.45) is 0 Å². The van der Waals surface area contributed by atoms with Gasteiger partial charge in [-0.15, -0.1) is 0 Å². The second kappa shape index (κ2) is 2.98. The largest absolute Gasteiger partial charge is 0.312 e. The first-order valence-corrected chi connectivity index (χ1v) is 6.15. The van der Waals surface area contributed by atoms with Crippen molar-refractivity contribution in [3.8, 4) is 0 Å². The maximum absolute atomic E-state index is 4.39. The molecule has 0 spiro atoms. The Bertz CT molecular complexity index is 520. The van der Waals surface area contributed by atoms with Crippen LogP contribution in [0.3, 0.4) is 0 Å². The van der Waals surface area contributed by atoms with E-state index in [-0.39, 0.29) is 0 Å². The number of hydrogen-bond donors (Lipinski definition) is 0. The van der Waals surface area contributed by atoms with E-state index < -0.39 is 0 Å². The molecule has 1 aromatic carbocycles. The average Bonchev–Trinajstić information content (AvgIpc) is 2.83. The van der Waals surface area contributed by atoms with Crippen LogP contribution in [0.2, 0.25) is 0 Å². The van der Waals surface area contributed by atoms with E-state index in [1.165, 1.54) is 16.1 Å². The zero-order chi connectivity index (χ0) is 10.5. The van der Waals surface area contributed by atoms with Crippen LogP contribution in [0.4, 0.5) is 11.5 Å². The molecule has 4 rings (SSSR count). The van der Waals surface area contributed by atoms with E-state index in [2.05, 4.69) is 39.1 Å². The fraction of sp³-hybridized carbons (Fsp3) is 0.167. The normalized spacial score (nSPS) is 20.5. The third-order valence-corrected chi connectivity index (χ3v) is 4.28. The molecule has 3 heterocycles. The zero-order valence-electron chi connectivity index (χ0n) is 8.50. The Balaban J connectivity index is 1.93. The SMILES string of the molecule is c1ccc2c(c1)CC1Sc3cncnc3N21. The number of hydrogen-bond acceptors (Lipinski definition) is 4. The van der Waals surface area contributed by atoms with E-state index in [4.69, 9.17) is 0 Å². The molecule has 0 bridgehead atoms. The first-order chi connectivity index (χ1) is 7.93. The highest BCUT2D eigenvalue weighted by molar-refractivity contribution is 8.00. The van der Waals surface area contributed by atoms with Crippen molar-refractivity contribution in [3.63, 3.8) is 0 Å². The summed E-state index contributed by atoms with van der Waals surface area (Å²) >= 11 is 1.86. The van der Waals surface area contributed by atoms with Gasteiger partial charge in [0.2, 0.25) is 0 Å². The Labute approximate surface area is 97.5 Å². The molecule has 0 saturated carbocycles. The highest BCUT2D eigenvalue weighted by atomic mass is 32.2. The molecule has 3 nitrogen and oxygen atoms in total. The summed E-state index contributed by atoms with van der Waals surface area (Å²) in [4.78, 5) is 12.0. The Morgan fingerprint density at radius 1 is 1.31 bits per heavy atom. The maximum atomic E-state index is 4.39. The lowest BCUT2D eigenvalue weighted by Crippen LogP contribution is -2.19. The van der Waals surface area contributed by atoms with E-state index in [9.17, 15) is 0 Å². The fourth-order valence-corrected chi connectivity index (χ4v) is 3.67. The molecule has 16 heavy (non-hydrogen) atoms. The van der Waals surface area contributed by atoms with E-state index in [0.29, 0.717) is 5.37 Å². The summed E-state index contributed by atoms with van der Waals surface area (Å²) in [5, 5.41) is 0.476. The van der Waals surface area contributed by atoms with Crippen LogP contribution in [-0.4, -0.2) is 15.3 Å². The quantitative estimate of drug-likeness (QED) is 0.691. The first-order valence-electron chi connectivity index (χ1n) is 5.27. The Kier molecular flexibility index (Phi) is 1.60. The van der Waals surface area contributed by atoms with Gasteiger partial charge in [0, 0.05) is 18.3 Å².